The van der Waals surface area contributed by atoms with E-state index >= 15 is 0 Å². The van der Waals surface area contributed by atoms with Crippen molar-refractivity contribution in [2.24, 2.45) is 0 Å². The summed E-state index contributed by atoms with van der Waals surface area (Å²) < 4.78 is 24.6. The Hall–Kier alpha value is -0.980. The fourth-order valence-corrected chi connectivity index (χ4v) is 3.25. The highest BCUT2D eigenvalue weighted by molar-refractivity contribution is 7.92. The van der Waals surface area contributed by atoms with E-state index in [4.69, 9.17) is 16.8 Å². The van der Waals surface area contributed by atoms with E-state index in [1.807, 2.05) is 5.48 Å². The number of hydrogen-bond acceptors (Lipinski definition) is 4. The third-order valence-electron chi connectivity index (χ3n) is 2.84. The molecule has 1 aliphatic rings. The van der Waals surface area contributed by atoms with Crippen LogP contribution in [0.1, 0.15) is 11.5 Å². The lowest BCUT2D eigenvalue weighted by Gasteiger charge is -2.17. The van der Waals surface area contributed by atoms with Crippen LogP contribution in [-0.4, -0.2) is 32.3 Å². The van der Waals surface area contributed by atoms with Gasteiger partial charge in [0.2, 0.25) is 10.0 Å². The summed E-state index contributed by atoms with van der Waals surface area (Å²) in [5.41, 5.74) is 3.93. The molecule has 7 heteroatoms. The molecule has 0 fully saturated rings. The maximum Gasteiger partial charge on any atom is 0.232 e. The first-order valence-electron chi connectivity index (χ1n) is 5.05. The fraction of sp³-hybridized carbons (Fsp3) is 0.400. The number of nitrogens with one attached hydrogen (secondary N) is 1. The predicted molar refractivity (Wildman–Crippen MR) is 67.5 cm³/mol. The van der Waals surface area contributed by atoms with E-state index in [1.165, 1.54) is 4.31 Å². The van der Waals surface area contributed by atoms with Gasteiger partial charge in [-0.05, 0) is 17.7 Å². The van der Waals surface area contributed by atoms with Gasteiger partial charge in [-0.3, -0.25) is 15.0 Å². The average Bonchev–Trinajstić information content (AvgIpc) is 2.66. The molecule has 0 amide bonds. The van der Waals surface area contributed by atoms with Gasteiger partial charge in [0.05, 0.1) is 17.6 Å². The zero-order valence-corrected chi connectivity index (χ0v) is 10.8. The summed E-state index contributed by atoms with van der Waals surface area (Å²) in [6, 6.07) is 5.07. The number of alkyl halides is 1. The quantitative estimate of drug-likeness (QED) is 0.650. The number of fused-ring (bicyclic) bond motifs is 1. The van der Waals surface area contributed by atoms with Crippen molar-refractivity contribution in [2.75, 3.05) is 28.5 Å². The molecule has 0 saturated carbocycles. The number of halogens is 1. The van der Waals surface area contributed by atoms with Gasteiger partial charge in [0.15, 0.2) is 0 Å². The lowest BCUT2D eigenvalue weighted by atomic mass is 10.0. The Morgan fingerprint density at radius 1 is 1.59 bits per heavy atom. The van der Waals surface area contributed by atoms with Crippen molar-refractivity contribution in [3.63, 3.8) is 0 Å². The van der Waals surface area contributed by atoms with E-state index in [0.29, 0.717) is 23.8 Å². The van der Waals surface area contributed by atoms with Crippen LogP contribution in [0.25, 0.3) is 0 Å². The molecule has 94 valence electrons. The third-order valence-corrected chi connectivity index (χ3v) is 4.36. The Morgan fingerprint density at radius 2 is 2.29 bits per heavy atom. The summed E-state index contributed by atoms with van der Waals surface area (Å²) in [6.07, 6.45) is 1.16. The highest BCUT2D eigenvalue weighted by Gasteiger charge is 2.33. The first-order valence-corrected chi connectivity index (χ1v) is 7.43. The van der Waals surface area contributed by atoms with Crippen molar-refractivity contribution < 1.29 is 13.6 Å². The molecule has 0 unspecified atom stereocenters. The van der Waals surface area contributed by atoms with E-state index in [9.17, 15) is 8.42 Å². The van der Waals surface area contributed by atoms with Crippen LogP contribution < -0.4 is 9.79 Å². The second kappa shape index (κ2) is 4.36. The van der Waals surface area contributed by atoms with Crippen LogP contribution >= 0.6 is 11.6 Å². The van der Waals surface area contributed by atoms with E-state index < -0.39 is 10.0 Å². The highest BCUT2D eigenvalue weighted by atomic mass is 35.5. The van der Waals surface area contributed by atoms with Crippen molar-refractivity contribution in [2.45, 2.75) is 5.92 Å². The van der Waals surface area contributed by atoms with Gasteiger partial charge in [0.25, 0.3) is 0 Å². The van der Waals surface area contributed by atoms with Crippen LogP contribution in [0.2, 0.25) is 0 Å². The minimum absolute atomic E-state index is 0.00543. The SMILES string of the molecule is CS(=O)(=O)N1C[C@H](CCl)c2ccc(NO)cc21. The molecular weight excluding hydrogens is 264 g/mol. The normalized spacial score (nSPS) is 19.2. The Morgan fingerprint density at radius 3 is 2.82 bits per heavy atom. The van der Waals surface area contributed by atoms with Crippen LogP contribution in [0.15, 0.2) is 18.2 Å². The minimum Gasteiger partial charge on any atom is -0.291 e. The monoisotopic (exact) mass is 276 g/mol. The first kappa shape index (κ1) is 12.5. The van der Waals surface area contributed by atoms with Crippen LogP contribution in [0, 0.1) is 0 Å². The van der Waals surface area contributed by atoms with Gasteiger partial charge in [0, 0.05) is 18.3 Å². The molecule has 1 aromatic rings. The standard InChI is InChI=1S/C10H13ClN2O3S/c1-17(15,16)13-6-7(5-11)9-3-2-8(12-14)4-10(9)13/h2-4,7,12,14H,5-6H2,1H3/t7-/m0/s1. The van der Waals surface area contributed by atoms with Crippen molar-refractivity contribution in [1.29, 1.82) is 0 Å². The first-order chi connectivity index (χ1) is 7.97. The Bertz CT molecular complexity index is 532. The molecule has 17 heavy (non-hydrogen) atoms. The summed E-state index contributed by atoms with van der Waals surface area (Å²) in [4.78, 5) is 0. The molecule has 0 saturated heterocycles. The largest absolute Gasteiger partial charge is 0.291 e. The van der Waals surface area contributed by atoms with Crippen molar-refractivity contribution >= 4 is 33.0 Å². The number of nitrogens with zero attached hydrogens (tertiary/aromatic N) is 1. The van der Waals surface area contributed by atoms with Gasteiger partial charge < -0.3 is 0 Å². The molecule has 1 aliphatic heterocycles. The van der Waals surface area contributed by atoms with Gasteiger partial charge in [-0.25, -0.2) is 8.42 Å². The number of benzene rings is 1. The smallest absolute Gasteiger partial charge is 0.232 e. The topological polar surface area (TPSA) is 69.6 Å². The van der Waals surface area contributed by atoms with E-state index in [2.05, 4.69) is 0 Å². The van der Waals surface area contributed by atoms with Gasteiger partial charge in [-0.15, -0.1) is 11.6 Å². The molecule has 2 rings (SSSR count). The molecule has 1 atom stereocenters. The number of sulfonamides is 1. The summed E-state index contributed by atoms with van der Waals surface area (Å²) >= 11 is 5.84. The van der Waals surface area contributed by atoms with E-state index in [1.54, 1.807) is 18.2 Å². The van der Waals surface area contributed by atoms with E-state index in [-0.39, 0.29) is 5.92 Å². The predicted octanol–water partition coefficient (Wildman–Crippen LogP) is 1.59. The van der Waals surface area contributed by atoms with Crippen LogP contribution in [-0.2, 0) is 10.0 Å². The fourth-order valence-electron chi connectivity index (χ4n) is 2.02. The molecule has 1 aromatic carbocycles. The van der Waals surface area contributed by atoms with Gasteiger partial charge >= 0.3 is 0 Å². The maximum atomic E-state index is 11.7. The third kappa shape index (κ3) is 2.20. The number of hydrogen-bond donors (Lipinski definition) is 2. The van der Waals surface area contributed by atoms with Gasteiger partial charge in [0.1, 0.15) is 0 Å². The van der Waals surface area contributed by atoms with E-state index in [0.717, 1.165) is 11.8 Å². The summed E-state index contributed by atoms with van der Waals surface area (Å²) in [5, 5.41) is 8.84. The van der Waals surface area contributed by atoms with Crippen LogP contribution in [0.4, 0.5) is 11.4 Å². The lowest BCUT2D eigenvalue weighted by Crippen LogP contribution is -2.28. The second-order valence-corrected chi connectivity index (χ2v) is 6.25. The van der Waals surface area contributed by atoms with Crippen LogP contribution in [0.5, 0.6) is 0 Å². The molecule has 2 N–H and O–H groups in total. The van der Waals surface area contributed by atoms with Crippen molar-refractivity contribution in [3.8, 4) is 0 Å². The van der Waals surface area contributed by atoms with Gasteiger partial charge in [-0.1, -0.05) is 6.07 Å². The molecule has 0 aliphatic carbocycles. The zero-order valence-electron chi connectivity index (χ0n) is 9.22. The zero-order chi connectivity index (χ0) is 12.6. The Labute approximate surface area is 105 Å². The minimum atomic E-state index is -3.32. The molecule has 0 radical (unpaired) electrons. The molecule has 5 nitrogen and oxygen atoms in total. The Balaban J connectivity index is 2.53. The lowest BCUT2D eigenvalue weighted by molar-refractivity contribution is 0.389. The second-order valence-electron chi connectivity index (χ2n) is 4.03. The van der Waals surface area contributed by atoms with Crippen LogP contribution in [0.3, 0.4) is 0 Å². The number of anilines is 2. The summed E-state index contributed by atoms with van der Waals surface area (Å²) in [6.45, 7) is 0.354. The average molecular weight is 277 g/mol. The highest BCUT2D eigenvalue weighted by Crippen LogP contribution is 2.39. The summed E-state index contributed by atoms with van der Waals surface area (Å²) in [5.74, 6) is 0.361. The van der Waals surface area contributed by atoms with Crippen molar-refractivity contribution in [1.82, 2.24) is 0 Å². The van der Waals surface area contributed by atoms with Gasteiger partial charge in [-0.2, -0.15) is 0 Å². The maximum absolute atomic E-state index is 11.7. The Kier molecular flexibility index (Phi) is 3.20. The molecule has 0 aromatic heterocycles. The number of rotatable bonds is 3. The molecule has 0 spiro atoms. The van der Waals surface area contributed by atoms with Crippen molar-refractivity contribution in [3.05, 3.63) is 23.8 Å². The molecular formula is C10H13ClN2O3S. The molecule has 1 heterocycles. The molecule has 0 bridgehead atoms. The summed E-state index contributed by atoms with van der Waals surface area (Å²) in [7, 11) is -3.32.